The molecular formula is C7H15N3. The highest BCUT2D eigenvalue weighted by Crippen LogP contribution is 1.79. The molecule has 10 heavy (non-hydrogen) atoms. The van der Waals surface area contributed by atoms with Gasteiger partial charge >= 0.3 is 0 Å². The van der Waals surface area contributed by atoms with Crippen LogP contribution in [0.2, 0.25) is 0 Å². The molecule has 0 bridgehead atoms. The first-order chi connectivity index (χ1) is 4.68. The molecule has 0 aliphatic carbocycles. The van der Waals surface area contributed by atoms with Crippen LogP contribution in [0.5, 0.6) is 0 Å². The smallest absolute Gasteiger partial charge is 0.111 e. The Balaban J connectivity index is 3.79. The van der Waals surface area contributed by atoms with Crippen LogP contribution < -0.4 is 0 Å². The SMILES string of the molecule is CCN=CN=C(C)N(C)C. The highest BCUT2D eigenvalue weighted by atomic mass is 15.1. The zero-order chi connectivity index (χ0) is 7.98. The molecule has 0 aromatic carbocycles. The third kappa shape index (κ3) is 4.06. The highest BCUT2D eigenvalue weighted by molar-refractivity contribution is 5.86. The van der Waals surface area contributed by atoms with Crippen molar-refractivity contribution in [2.24, 2.45) is 9.98 Å². The van der Waals surface area contributed by atoms with Gasteiger partial charge in [-0.05, 0) is 13.8 Å². The number of nitrogens with zero attached hydrogens (tertiary/aromatic N) is 3. The molecular weight excluding hydrogens is 126 g/mol. The summed E-state index contributed by atoms with van der Waals surface area (Å²) in [5.41, 5.74) is 0. The molecule has 0 atom stereocenters. The predicted molar refractivity (Wildman–Crippen MR) is 45.8 cm³/mol. The van der Waals surface area contributed by atoms with Crippen LogP contribution in [0.4, 0.5) is 0 Å². The first-order valence-corrected chi connectivity index (χ1v) is 3.38. The van der Waals surface area contributed by atoms with Crippen molar-refractivity contribution in [1.82, 2.24) is 4.90 Å². The monoisotopic (exact) mass is 141 g/mol. The Hall–Kier alpha value is -0.860. The number of hydrogen-bond donors (Lipinski definition) is 0. The Bertz CT molecular complexity index is 136. The van der Waals surface area contributed by atoms with Crippen LogP contribution in [0, 0.1) is 0 Å². The average molecular weight is 141 g/mol. The van der Waals surface area contributed by atoms with Crippen LogP contribution in [-0.4, -0.2) is 37.7 Å². The van der Waals surface area contributed by atoms with E-state index in [1.807, 2.05) is 32.8 Å². The lowest BCUT2D eigenvalue weighted by Crippen LogP contribution is -2.18. The zero-order valence-electron chi connectivity index (χ0n) is 7.13. The first-order valence-electron chi connectivity index (χ1n) is 3.38. The van der Waals surface area contributed by atoms with Crippen LogP contribution in [0.15, 0.2) is 9.98 Å². The summed E-state index contributed by atoms with van der Waals surface area (Å²) in [4.78, 5) is 9.97. The molecule has 0 amide bonds. The Morgan fingerprint density at radius 2 is 2.10 bits per heavy atom. The highest BCUT2D eigenvalue weighted by Gasteiger charge is 1.87. The zero-order valence-corrected chi connectivity index (χ0v) is 7.13. The summed E-state index contributed by atoms with van der Waals surface area (Å²) in [5, 5.41) is 0. The van der Waals surface area contributed by atoms with Crippen molar-refractivity contribution in [2.75, 3.05) is 20.6 Å². The number of amidine groups is 1. The predicted octanol–water partition coefficient (Wildman–Crippen LogP) is 1.01. The van der Waals surface area contributed by atoms with E-state index in [9.17, 15) is 0 Å². The molecule has 0 aromatic heterocycles. The summed E-state index contributed by atoms with van der Waals surface area (Å²) < 4.78 is 0. The first kappa shape index (κ1) is 9.14. The van der Waals surface area contributed by atoms with Gasteiger partial charge in [0.05, 0.1) is 0 Å². The van der Waals surface area contributed by atoms with E-state index in [2.05, 4.69) is 9.98 Å². The minimum absolute atomic E-state index is 0.796. The van der Waals surface area contributed by atoms with Crippen molar-refractivity contribution in [1.29, 1.82) is 0 Å². The Kier molecular flexibility index (Phi) is 4.54. The number of aliphatic imine (C=N–C) groups is 2. The van der Waals surface area contributed by atoms with Gasteiger partial charge in [-0.15, -0.1) is 0 Å². The average Bonchev–Trinajstić information content (AvgIpc) is 1.88. The van der Waals surface area contributed by atoms with Crippen molar-refractivity contribution in [3.63, 3.8) is 0 Å². The minimum atomic E-state index is 0.796. The number of hydrogen-bond acceptors (Lipinski definition) is 1. The molecule has 0 N–H and O–H groups in total. The lowest BCUT2D eigenvalue weighted by molar-refractivity contribution is 0.620. The molecule has 3 nitrogen and oxygen atoms in total. The van der Waals surface area contributed by atoms with Gasteiger partial charge in [0.2, 0.25) is 0 Å². The van der Waals surface area contributed by atoms with Crippen molar-refractivity contribution in [3.8, 4) is 0 Å². The molecule has 58 valence electrons. The van der Waals surface area contributed by atoms with Gasteiger partial charge in [-0.3, -0.25) is 4.99 Å². The minimum Gasteiger partial charge on any atom is -0.366 e. The second kappa shape index (κ2) is 4.97. The summed E-state index contributed by atoms with van der Waals surface area (Å²) in [6, 6.07) is 0. The van der Waals surface area contributed by atoms with Gasteiger partial charge in [0.15, 0.2) is 0 Å². The fraction of sp³-hybridized carbons (Fsp3) is 0.714. The molecule has 0 heterocycles. The largest absolute Gasteiger partial charge is 0.366 e. The molecule has 0 radical (unpaired) electrons. The van der Waals surface area contributed by atoms with Crippen molar-refractivity contribution in [3.05, 3.63) is 0 Å². The molecule has 0 aliphatic heterocycles. The molecule has 0 spiro atoms. The van der Waals surface area contributed by atoms with Gasteiger partial charge in [0, 0.05) is 20.6 Å². The second-order valence-corrected chi connectivity index (χ2v) is 2.19. The summed E-state index contributed by atoms with van der Waals surface area (Å²) >= 11 is 0. The van der Waals surface area contributed by atoms with E-state index in [0.717, 1.165) is 12.4 Å². The third-order valence-electron chi connectivity index (χ3n) is 1.16. The van der Waals surface area contributed by atoms with Gasteiger partial charge in [-0.1, -0.05) is 0 Å². The van der Waals surface area contributed by atoms with E-state index in [1.54, 1.807) is 6.34 Å². The van der Waals surface area contributed by atoms with E-state index >= 15 is 0 Å². The molecule has 0 saturated heterocycles. The Morgan fingerprint density at radius 1 is 1.50 bits per heavy atom. The van der Waals surface area contributed by atoms with Crippen molar-refractivity contribution < 1.29 is 0 Å². The normalized spacial score (nSPS) is 12.6. The van der Waals surface area contributed by atoms with Crippen LogP contribution in [0.25, 0.3) is 0 Å². The summed E-state index contributed by atoms with van der Waals surface area (Å²) in [6.07, 6.45) is 1.59. The van der Waals surface area contributed by atoms with E-state index in [4.69, 9.17) is 0 Å². The Labute approximate surface area is 62.5 Å². The molecule has 0 fully saturated rings. The maximum Gasteiger partial charge on any atom is 0.111 e. The second-order valence-electron chi connectivity index (χ2n) is 2.19. The molecule has 0 saturated carbocycles. The maximum atomic E-state index is 4.06. The van der Waals surface area contributed by atoms with Crippen molar-refractivity contribution in [2.45, 2.75) is 13.8 Å². The molecule has 0 aromatic rings. The fourth-order valence-corrected chi connectivity index (χ4v) is 0.321. The molecule has 0 aliphatic rings. The van der Waals surface area contributed by atoms with E-state index < -0.39 is 0 Å². The van der Waals surface area contributed by atoms with Gasteiger partial charge in [-0.25, -0.2) is 4.99 Å². The van der Waals surface area contributed by atoms with Crippen molar-refractivity contribution >= 4 is 12.2 Å². The Morgan fingerprint density at radius 3 is 2.50 bits per heavy atom. The number of rotatable bonds is 2. The molecule has 0 unspecified atom stereocenters. The lowest BCUT2D eigenvalue weighted by atomic mass is 10.6. The molecule has 3 heteroatoms. The van der Waals surface area contributed by atoms with E-state index in [-0.39, 0.29) is 0 Å². The van der Waals surface area contributed by atoms with Crippen LogP contribution in [-0.2, 0) is 0 Å². The van der Waals surface area contributed by atoms with Gasteiger partial charge in [0.1, 0.15) is 12.2 Å². The topological polar surface area (TPSA) is 28.0 Å². The van der Waals surface area contributed by atoms with Gasteiger partial charge in [0.25, 0.3) is 0 Å². The summed E-state index contributed by atoms with van der Waals surface area (Å²) in [5.74, 6) is 0.970. The summed E-state index contributed by atoms with van der Waals surface area (Å²) in [6.45, 7) is 4.73. The van der Waals surface area contributed by atoms with E-state index in [1.165, 1.54) is 0 Å². The third-order valence-corrected chi connectivity index (χ3v) is 1.16. The van der Waals surface area contributed by atoms with E-state index in [0.29, 0.717) is 0 Å². The van der Waals surface area contributed by atoms with Crippen LogP contribution in [0.1, 0.15) is 13.8 Å². The maximum absolute atomic E-state index is 4.06. The summed E-state index contributed by atoms with van der Waals surface area (Å²) in [7, 11) is 3.91. The standard InChI is InChI=1S/C7H15N3/c1-5-8-6-9-7(2)10(3)4/h6H,5H2,1-4H3. The van der Waals surface area contributed by atoms with Gasteiger partial charge < -0.3 is 4.90 Å². The van der Waals surface area contributed by atoms with Crippen LogP contribution in [0.3, 0.4) is 0 Å². The fourth-order valence-electron chi connectivity index (χ4n) is 0.321. The molecule has 0 rings (SSSR count). The quantitative estimate of drug-likeness (QED) is 0.416. The van der Waals surface area contributed by atoms with Gasteiger partial charge in [-0.2, -0.15) is 0 Å². The lowest BCUT2D eigenvalue weighted by Gasteiger charge is -2.08. The van der Waals surface area contributed by atoms with Crippen LogP contribution >= 0.6 is 0 Å².